The van der Waals surface area contributed by atoms with Gasteiger partial charge in [-0.1, -0.05) is 13.8 Å². The molecule has 1 amide bonds. The van der Waals surface area contributed by atoms with Crippen molar-refractivity contribution in [1.82, 2.24) is 0 Å². The Bertz CT molecular complexity index is 481. The van der Waals surface area contributed by atoms with Gasteiger partial charge in [0.15, 0.2) is 0 Å². The Morgan fingerprint density at radius 3 is 2.59 bits per heavy atom. The molecule has 1 saturated carbocycles. The van der Waals surface area contributed by atoms with Crippen molar-refractivity contribution in [3.63, 3.8) is 0 Å². The van der Waals surface area contributed by atoms with Gasteiger partial charge in [0, 0.05) is 0 Å². The van der Waals surface area contributed by atoms with Crippen molar-refractivity contribution in [2.24, 2.45) is 5.73 Å². The monoisotopic (exact) mass is 437 g/mol. The first-order chi connectivity index (χ1) is 10.5. The van der Waals surface area contributed by atoms with Crippen LogP contribution in [0.15, 0.2) is 32.9 Å². The number of amides is 1. The molecule has 0 spiro atoms. The summed E-state index contributed by atoms with van der Waals surface area (Å²) < 4.78 is 4.06. The van der Waals surface area contributed by atoms with Crippen LogP contribution in [-0.2, 0) is 4.79 Å². The van der Waals surface area contributed by atoms with Crippen LogP contribution in [-0.4, -0.2) is 31.8 Å². The third-order valence-corrected chi connectivity index (χ3v) is 7.38. The summed E-state index contributed by atoms with van der Waals surface area (Å²) in [5, 5.41) is 10.9. The number of hydrogen-bond donors (Lipinski definition) is 3. The van der Waals surface area contributed by atoms with Crippen LogP contribution in [0.2, 0.25) is 0 Å². The SMILES string of the molecule is CC.NC(=O)/C1=C/C=C\[NH2+][Se]/C(C2(O)CCCCC2)=C(/Br)C1. The van der Waals surface area contributed by atoms with Crippen molar-refractivity contribution in [2.75, 3.05) is 0 Å². The van der Waals surface area contributed by atoms with Gasteiger partial charge in [-0.05, 0) is 0 Å². The van der Waals surface area contributed by atoms with E-state index < -0.39 is 11.5 Å². The third-order valence-electron chi connectivity index (χ3n) is 3.68. The average molecular weight is 437 g/mol. The molecule has 0 unspecified atom stereocenters. The fraction of sp³-hybridized carbons (Fsp3) is 0.562. The summed E-state index contributed by atoms with van der Waals surface area (Å²) in [6.07, 6.45) is 10.9. The fourth-order valence-corrected chi connectivity index (χ4v) is 5.70. The Balaban J connectivity index is 0.00000116. The van der Waals surface area contributed by atoms with Crippen molar-refractivity contribution in [2.45, 2.75) is 58.0 Å². The maximum atomic E-state index is 11.4. The van der Waals surface area contributed by atoms with Crippen LogP contribution in [0.5, 0.6) is 0 Å². The zero-order valence-electron chi connectivity index (χ0n) is 13.3. The predicted molar refractivity (Wildman–Crippen MR) is 94.0 cm³/mol. The molecule has 0 saturated heterocycles. The Morgan fingerprint density at radius 1 is 1.36 bits per heavy atom. The average Bonchev–Trinajstić information content (AvgIpc) is 2.60. The zero-order chi connectivity index (χ0) is 16.6. The van der Waals surface area contributed by atoms with Crippen molar-refractivity contribution in [1.29, 1.82) is 0 Å². The minimum absolute atomic E-state index is 0.0857. The van der Waals surface area contributed by atoms with Crippen LogP contribution in [0.4, 0.5) is 0 Å². The third kappa shape index (κ3) is 5.36. The summed E-state index contributed by atoms with van der Waals surface area (Å²) in [5.74, 6) is -0.406. The van der Waals surface area contributed by atoms with Crippen LogP contribution in [0.3, 0.4) is 0 Å². The van der Waals surface area contributed by atoms with E-state index in [1.807, 2.05) is 26.1 Å². The molecule has 0 aromatic heterocycles. The first-order valence-corrected chi connectivity index (χ1v) is 10.4. The van der Waals surface area contributed by atoms with Crippen molar-refractivity contribution < 1.29 is 14.2 Å². The van der Waals surface area contributed by atoms with Crippen LogP contribution < -0.4 is 10.1 Å². The molecule has 1 aliphatic carbocycles. The molecule has 0 bridgehead atoms. The Hall–Kier alpha value is -0.391. The van der Waals surface area contributed by atoms with Gasteiger partial charge in [-0.25, -0.2) is 0 Å². The molecule has 2 aliphatic rings. The second kappa shape index (κ2) is 9.68. The van der Waals surface area contributed by atoms with Crippen molar-refractivity contribution in [3.05, 3.63) is 32.9 Å². The van der Waals surface area contributed by atoms with Gasteiger partial charge in [-0.15, -0.1) is 0 Å². The summed E-state index contributed by atoms with van der Waals surface area (Å²) in [6, 6.07) is 0. The van der Waals surface area contributed by atoms with Gasteiger partial charge in [-0.3, -0.25) is 0 Å². The fourth-order valence-electron chi connectivity index (χ4n) is 2.59. The van der Waals surface area contributed by atoms with Crippen LogP contribution in [0, 0.1) is 0 Å². The number of quaternary nitrogens is 1. The van der Waals surface area contributed by atoms with Gasteiger partial charge in [-0.2, -0.15) is 0 Å². The molecular formula is C16H26BrN2O2Se+. The van der Waals surface area contributed by atoms with E-state index in [-0.39, 0.29) is 15.2 Å². The topological polar surface area (TPSA) is 79.9 Å². The summed E-state index contributed by atoms with van der Waals surface area (Å²) in [7, 11) is 0. The molecule has 0 atom stereocenters. The molecule has 1 heterocycles. The number of carbonyl (C=O) groups excluding carboxylic acids is 1. The molecule has 2 rings (SSSR count). The Kier molecular flexibility index (Phi) is 8.65. The quantitative estimate of drug-likeness (QED) is 0.577. The molecule has 1 aliphatic heterocycles. The number of primary amides is 1. The summed E-state index contributed by atoms with van der Waals surface area (Å²) in [4.78, 5) is 11.4. The molecule has 1 fully saturated rings. The molecule has 6 heteroatoms. The summed E-state index contributed by atoms with van der Waals surface area (Å²) in [6.45, 7) is 4.00. The standard InChI is InChI=1S/C14H19BrN2O2Se.C2H6/c15-11-9-10(13(16)18)5-4-8-17-20-12(11)14(19)6-2-1-3-7-14;1-2/h4-5,8,17,19H,1-3,6-7,9H2,(H2,16,18);1-2H3/p+1/b8-4-,10-5+,12-11+;. The summed E-state index contributed by atoms with van der Waals surface area (Å²) >= 11 is 3.68. The van der Waals surface area contributed by atoms with Gasteiger partial charge in [0.2, 0.25) is 0 Å². The van der Waals surface area contributed by atoms with E-state index in [9.17, 15) is 9.90 Å². The Morgan fingerprint density at radius 2 is 2.00 bits per heavy atom. The van der Waals surface area contributed by atoms with Crippen LogP contribution >= 0.6 is 15.9 Å². The molecule has 22 heavy (non-hydrogen) atoms. The van der Waals surface area contributed by atoms with Gasteiger partial charge < -0.3 is 0 Å². The Labute approximate surface area is 147 Å². The van der Waals surface area contributed by atoms with Crippen molar-refractivity contribution >= 4 is 37.0 Å². The number of carbonyl (C=O) groups is 1. The van der Waals surface area contributed by atoms with E-state index in [0.29, 0.717) is 12.0 Å². The predicted octanol–water partition coefficient (Wildman–Crippen LogP) is 1.83. The number of hydrogen-bond acceptors (Lipinski definition) is 2. The van der Waals surface area contributed by atoms with E-state index in [0.717, 1.165) is 34.6 Å². The number of aliphatic hydroxyl groups is 1. The summed E-state index contributed by atoms with van der Waals surface area (Å²) in [5.41, 5.74) is 5.26. The molecule has 0 aromatic rings. The van der Waals surface area contributed by atoms with Crippen LogP contribution in [0.1, 0.15) is 52.4 Å². The maximum absolute atomic E-state index is 11.4. The normalized spacial score (nSPS) is 28.8. The second-order valence-corrected chi connectivity index (χ2v) is 8.08. The first-order valence-electron chi connectivity index (χ1n) is 7.80. The van der Waals surface area contributed by atoms with Gasteiger partial charge in [0.05, 0.1) is 0 Å². The van der Waals surface area contributed by atoms with Gasteiger partial charge >= 0.3 is 134 Å². The van der Waals surface area contributed by atoms with E-state index >= 15 is 0 Å². The minimum atomic E-state index is -0.714. The van der Waals surface area contributed by atoms with E-state index in [4.69, 9.17) is 5.73 Å². The number of allylic oxidation sites excluding steroid dienone is 3. The molecule has 124 valence electrons. The van der Waals surface area contributed by atoms with Gasteiger partial charge in [0.25, 0.3) is 0 Å². The van der Waals surface area contributed by atoms with Crippen molar-refractivity contribution in [3.8, 4) is 0 Å². The number of rotatable bonds is 2. The molecule has 4 nitrogen and oxygen atoms in total. The van der Waals surface area contributed by atoms with Crippen LogP contribution in [0.25, 0.3) is 0 Å². The molecule has 0 radical (unpaired) electrons. The molecule has 0 aromatic carbocycles. The van der Waals surface area contributed by atoms with Gasteiger partial charge in [0.1, 0.15) is 0 Å². The molecule has 5 N–H and O–H groups in total. The second-order valence-electron chi connectivity index (χ2n) is 5.20. The molecular weight excluding hydrogens is 411 g/mol. The first kappa shape index (κ1) is 19.7. The van der Waals surface area contributed by atoms with E-state index in [1.165, 1.54) is 6.42 Å². The van der Waals surface area contributed by atoms with E-state index in [2.05, 4.69) is 20.3 Å². The number of nitrogens with two attached hydrogens (primary N) is 2. The number of halogens is 1. The van der Waals surface area contributed by atoms with E-state index in [1.54, 1.807) is 6.08 Å². The zero-order valence-corrected chi connectivity index (χ0v) is 16.6.